The lowest BCUT2D eigenvalue weighted by Crippen LogP contribution is -2.14. The Bertz CT molecular complexity index is 426. The van der Waals surface area contributed by atoms with Crippen molar-refractivity contribution >= 4 is 5.97 Å². The fourth-order valence-corrected chi connectivity index (χ4v) is 2.52. The van der Waals surface area contributed by atoms with Gasteiger partial charge in [-0.25, -0.2) is 9.78 Å². The van der Waals surface area contributed by atoms with Crippen LogP contribution < -0.4 is 0 Å². The summed E-state index contributed by atoms with van der Waals surface area (Å²) in [6.07, 6.45) is 6.00. The van der Waals surface area contributed by atoms with E-state index in [-0.39, 0.29) is 5.82 Å². The number of fused-ring (bicyclic) bond motifs is 1. The van der Waals surface area contributed by atoms with Crippen LogP contribution in [0.3, 0.4) is 0 Å². The molecule has 5 nitrogen and oxygen atoms in total. The number of carboxylic acids is 1. The molecule has 0 aliphatic heterocycles. The zero-order valence-corrected chi connectivity index (χ0v) is 10.8. The molecule has 1 heterocycles. The van der Waals surface area contributed by atoms with E-state index in [1.807, 2.05) is 4.57 Å². The van der Waals surface area contributed by atoms with Crippen LogP contribution in [0.2, 0.25) is 0 Å². The van der Waals surface area contributed by atoms with E-state index in [2.05, 4.69) is 4.98 Å². The molecule has 0 fully saturated rings. The number of imidazole rings is 1. The molecule has 0 spiro atoms. The summed E-state index contributed by atoms with van der Waals surface area (Å²) < 4.78 is 6.91. The van der Waals surface area contributed by atoms with E-state index < -0.39 is 5.97 Å². The van der Waals surface area contributed by atoms with Gasteiger partial charge in [-0.2, -0.15) is 0 Å². The summed E-state index contributed by atoms with van der Waals surface area (Å²) in [5.41, 5.74) is 2.13. The lowest BCUT2D eigenvalue weighted by atomic mass is 10.0. The molecule has 1 aromatic heterocycles. The average molecular weight is 252 g/mol. The molecule has 1 aliphatic rings. The standard InChI is InChI=1S/C13H20N2O3/c1-18-9-5-4-8-15-11-7-3-2-6-10(11)14-12(15)13(16)17/h2-9H2,1H3,(H,16,17). The number of carbonyl (C=O) groups is 1. The van der Waals surface area contributed by atoms with Crippen molar-refractivity contribution in [1.29, 1.82) is 0 Å². The Balaban J connectivity index is 2.14. The van der Waals surface area contributed by atoms with Crippen LogP contribution >= 0.6 is 0 Å². The Hall–Kier alpha value is -1.36. The van der Waals surface area contributed by atoms with Crippen molar-refractivity contribution < 1.29 is 14.6 Å². The number of hydrogen-bond acceptors (Lipinski definition) is 3. The molecule has 1 aromatic rings. The Morgan fingerprint density at radius 3 is 2.89 bits per heavy atom. The summed E-state index contributed by atoms with van der Waals surface area (Å²) in [6, 6.07) is 0. The molecule has 5 heteroatoms. The van der Waals surface area contributed by atoms with Crippen LogP contribution in [-0.2, 0) is 24.1 Å². The van der Waals surface area contributed by atoms with Gasteiger partial charge in [0.25, 0.3) is 0 Å². The van der Waals surface area contributed by atoms with Gasteiger partial charge in [0.2, 0.25) is 5.82 Å². The highest BCUT2D eigenvalue weighted by Crippen LogP contribution is 2.22. The topological polar surface area (TPSA) is 64.3 Å². The minimum atomic E-state index is -0.920. The molecule has 0 amide bonds. The summed E-state index contributed by atoms with van der Waals surface area (Å²) in [7, 11) is 1.68. The van der Waals surface area contributed by atoms with E-state index >= 15 is 0 Å². The predicted octanol–water partition coefficient (Wildman–Crippen LogP) is 1.89. The number of ether oxygens (including phenoxy) is 1. The third-order valence-corrected chi connectivity index (χ3v) is 3.40. The van der Waals surface area contributed by atoms with Crippen LogP contribution in [0, 0.1) is 0 Å². The van der Waals surface area contributed by atoms with Crippen LogP contribution in [-0.4, -0.2) is 34.3 Å². The number of aromatic carboxylic acids is 1. The summed E-state index contributed by atoms with van der Waals surface area (Å²) >= 11 is 0. The second kappa shape index (κ2) is 6.00. The predicted molar refractivity (Wildman–Crippen MR) is 66.9 cm³/mol. The third kappa shape index (κ3) is 2.72. The van der Waals surface area contributed by atoms with E-state index in [0.717, 1.165) is 63.1 Å². The molecule has 0 saturated heterocycles. The van der Waals surface area contributed by atoms with Crippen LogP contribution in [0.1, 0.15) is 47.7 Å². The van der Waals surface area contributed by atoms with Crippen molar-refractivity contribution in [1.82, 2.24) is 9.55 Å². The Morgan fingerprint density at radius 2 is 2.17 bits per heavy atom. The number of unbranched alkanes of at least 4 members (excludes halogenated alkanes) is 1. The molecule has 0 radical (unpaired) electrons. The first-order chi connectivity index (χ1) is 8.74. The Kier molecular flexibility index (Phi) is 4.36. The molecule has 0 saturated carbocycles. The highest BCUT2D eigenvalue weighted by Gasteiger charge is 2.22. The first-order valence-corrected chi connectivity index (χ1v) is 6.54. The molecule has 0 unspecified atom stereocenters. The Labute approximate surface area is 107 Å². The SMILES string of the molecule is COCCCCn1c(C(=O)O)nc2c1CCCC2. The number of hydrogen-bond donors (Lipinski definition) is 1. The number of nitrogens with zero attached hydrogens (tertiary/aromatic N) is 2. The van der Waals surface area contributed by atoms with Crippen molar-refractivity contribution in [3.63, 3.8) is 0 Å². The van der Waals surface area contributed by atoms with Crippen LogP contribution in [0.25, 0.3) is 0 Å². The molecular weight excluding hydrogens is 232 g/mol. The maximum atomic E-state index is 11.2. The van der Waals surface area contributed by atoms with Crippen LogP contribution in [0.15, 0.2) is 0 Å². The van der Waals surface area contributed by atoms with Gasteiger partial charge in [-0.3, -0.25) is 0 Å². The summed E-state index contributed by atoms with van der Waals surface area (Å²) in [4.78, 5) is 15.5. The minimum Gasteiger partial charge on any atom is -0.475 e. The molecule has 1 aliphatic carbocycles. The number of aryl methyl sites for hydroxylation is 1. The smallest absolute Gasteiger partial charge is 0.372 e. The van der Waals surface area contributed by atoms with Gasteiger partial charge >= 0.3 is 5.97 Å². The minimum absolute atomic E-state index is 0.208. The second-order valence-corrected chi connectivity index (χ2v) is 4.69. The fourth-order valence-electron chi connectivity index (χ4n) is 2.52. The van der Waals surface area contributed by atoms with Gasteiger partial charge in [0.05, 0.1) is 5.69 Å². The number of methoxy groups -OCH3 is 1. The molecule has 18 heavy (non-hydrogen) atoms. The largest absolute Gasteiger partial charge is 0.475 e. The molecule has 2 rings (SSSR count). The quantitative estimate of drug-likeness (QED) is 0.785. The van der Waals surface area contributed by atoms with Crippen molar-refractivity contribution in [3.8, 4) is 0 Å². The van der Waals surface area contributed by atoms with Crippen LogP contribution in [0.5, 0.6) is 0 Å². The van der Waals surface area contributed by atoms with Gasteiger partial charge in [-0.05, 0) is 38.5 Å². The Morgan fingerprint density at radius 1 is 1.39 bits per heavy atom. The van der Waals surface area contributed by atoms with E-state index in [1.165, 1.54) is 0 Å². The van der Waals surface area contributed by atoms with E-state index in [9.17, 15) is 9.90 Å². The van der Waals surface area contributed by atoms with Gasteiger partial charge in [0, 0.05) is 26.0 Å². The van der Waals surface area contributed by atoms with Crippen molar-refractivity contribution in [2.24, 2.45) is 0 Å². The van der Waals surface area contributed by atoms with Crippen molar-refractivity contribution in [2.45, 2.75) is 45.1 Å². The van der Waals surface area contributed by atoms with Gasteiger partial charge in [0.1, 0.15) is 0 Å². The highest BCUT2D eigenvalue weighted by atomic mass is 16.5. The maximum absolute atomic E-state index is 11.2. The number of aromatic nitrogens is 2. The zero-order valence-electron chi connectivity index (χ0n) is 10.8. The summed E-state index contributed by atoms with van der Waals surface area (Å²) in [5, 5.41) is 9.21. The first-order valence-electron chi connectivity index (χ1n) is 6.54. The monoisotopic (exact) mass is 252 g/mol. The highest BCUT2D eigenvalue weighted by molar-refractivity contribution is 5.84. The maximum Gasteiger partial charge on any atom is 0.372 e. The fraction of sp³-hybridized carbons (Fsp3) is 0.692. The van der Waals surface area contributed by atoms with E-state index in [4.69, 9.17) is 4.74 Å². The molecule has 0 atom stereocenters. The van der Waals surface area contributed by atoms with E-state index in [1.54, 1.807) is 7.11 Å². The third-order valence-electron chi connectivity index (χ3n) is 3.40. The van der Waals surface area contributed by atoms with E-state index in [0.29, 0.717) is 0 Å². The summed E-state index contributed by atoms with van der Waals surface area (Å²) in [5.74, 6) is -0.713. The van der Waals surface area contributed by atoms with Gasteiger partial charge in [-0.15, -0.1) is 0 Å². The van der Waals surface area contributed by atoms with Gasteiger partial charge in [0.15, 0.2) is 0 Å². The van der Waals surface area contributed by atoms with Gasteiger partial charge in [-0.1, -0.05) is 0 Å². The number of rotatable bonds is 6. The van der Waals surface area contributed by atoms with Gasteiger partial charge < -0.3 is 14.4 Å². The number of carboxylic acid groups (broad SMARTS) is 1. The van der Waals surface area contributed by atoms with Crippen molar-refractivity contribution in [3.05, 3.63) is 17.2 Å². The lowest BCUT2D eigenvalue weighted by molar-refractivity contribution is 0.0677. The molecule has 100 valence electrons. The lowest BCUT2D eigenvalue weighted by Gasteiger charge is -2.14. The summed E-state index contributed by atoms with van der Waals surface area (Å²) in [6.45, 7) is 1.45. The second-order valence-electron chi connectivity index (χ2n) is 4.69. The normalized spacial score (nSPS) is 14.5. The first kappa shape index (κ1) is 13.1. The van der Waals surface area contributed by atoms with Crippen molar-refractivity contribution in [2.75, 3.05) is 13.7 Å². The molecule has 0 aromatic carbocycles. The van der Waals surface area contributed by atoms with Crippen LogP contribution in [0.4, 0.5) is 0 Å². The zero-order chi connectivity index (χ0) is 13.0. The molecular formula is C13H20N2O3. The molecule has 0 bridgehead atoms. The molecule has 1 N–H and O–H groups in total. The average Bonchev–Trinajstić information content (AvgIpc) is 2.74.